The van der Waals surface area contributed by atoms with Crippen LogP contribution in [-0.4, -0.2) is 16.7 Å². The maximum atomic E-state index is 12.5. The van der Waals surface area contributed by atoms with E-state index in [0.717, 1.165) is 30.3 Å². The van der Waals surface area contributed by atoms with Crippen molar-refractivity contribution in [2.24, 2.45) is 0 Å². The number of hydrogen-bond donors (Lipinski definition) is 2. The molecule has 2 rings (SSSR count). The van der Waals surface area contributed by atoms with Gasteiger partial charge in [-0.1, -0.05) is 12.1 Å². The molecule has 0 aromatic heterocycles. The average molecular weight is 379 g/mol. The first-order valence-electron chi connectivity index (χ1n) is 7.37. The van der Waals surface area contributed by atoms with Crippen LogP contribution in [0.1, 0.15) is 21.5 Å². The number of carbonyl (C=O) groups excluding carboxylic acids is 2. The largest absolute Gasteiger partial charge is 0.416 e. The number of alkyl halides is 3. The smallest absolute Gasteiger partial charge is 0.268 e. The van der Waals surface area contributed by atoms with Crippen molar-refractivity contribution in [2.75, 3.05) is 0 Å². The van der Waals surface area contributed by atoms with Crippen LogP contribution >= 0.6 is 0 Å². The van der Waals surface area contributed by atoms with Gasteiger partial charge in [0.25, 0.3) is 17.5 Å². The van der Waals surface area contributed by atoms with Gasteiger partial charge >= 0.3 is 6.18 Å². The van der Waals surface area contributed by atoms with E-state index in [1.807, 2.05) is 0 Å². The zero-order valence-electron chi connectivity index (χ0n) is 13.5. The van der Waals surface area contributed by atoms with Crippen LogP contribution in [-0.2, 0) is 11.0 Å². The van der Waals surface area contributed by atoms with Crippen LogP contribution < -0.4 is 10.9 Å². The molecule has 0 atom stereocenters. The third kappa shape index (κ3) is 5.66. The van der Waals surface area contributed by atoms with Crippen molar-refractivity contribution >= 4 is 23.6 Å². The van der Waals surface area contributed by atoms with E-state index in [0.29, 0.717) is 5.56 Å². The lowest BCUT2D eigenvalue weighted by Gasteiger charge is -2.06. The summed E-state index contributed by atoms with van der Waals surface area (Å²) in [5.74, 6) is -1.41. The predicted octanol–water partition coefficient (Wildman–Crippen LogP) is 3.09. The molecule has 2 aromatic rings. The number of rotatable bonds is 4. The van der Waals surface area contributed by atoms with E-state index in [1.165, 1.54) is 30.3 Å². The highest BCUT2D eigenvalue weighted by atomic mass is 19.4. The molecule has 0 aliphatic rings. The van der Waals surface area contributed by atoms with Gasteiger partial charge in [-0.15, -0.1) is 0 Å². The molecule has 140 valence electrons. The second-order valence-electron chi connectivity index (χ2n) is 5.20. The van der Waals surface area contributed by atoms with Gasteiger partial charge in [0.15, 0.2) is 0 Å². The van der Waals surface area contributed by atoms with E-state index in [-0.39, 0.29) is 11.3 Å². The minimum absolute atomic E-state index is 0.0904. The number of halogens is 3. The zero-order chi connectivity index (χ0) is 20.0. The normalized spacial score (nSPS) is 11.2. The first kappa shape index (κ1) is 19.6. The Hall–Kier alpha value is -3.69. The second-order valence-corrected chi connectivity index (χ2v) is 5.20. The molecule has 0 heterocycles. The number of nitro groups is 1. The molecule has 0 spiro atoms. The lowest BCUT2D eigenvalue weighted by molar-refractivity contribution is -0.384. The van der Waals surface area contributed by atoms with Gasteiger partial charge in [-0.25, -0.2) is 0 Å². The lowest BCUT2D eigenvalue weighted by Crippen LogP contribution is -2.40. The van der Waals surface area contributed by atoms with E-state index in [4.69, 9.17) is 0 Å². The fraction of sp³-hybridized carbons (Fsp3) is 0.0588. The molecule has 0 fully saturated rings. The molecule has 0 saturated heterocycles. The highest BCUT2D eigenvalue weighted by molar-refractivity contribution is 5.98. The summed E-state index contributed by atoms with van der Waals surface area (Å²) < 4.78 is 37.4. The van der Waals surface area contributed by atoms with Crippen LogP contribution in [0.4, 0.5) is 18.9 Å². The Morgan fingerprint density at radius 2 is 1.56 bits per heavy atom. The second kappa shape index (κ2) is 8.13. The molecular weight excluding hydrogens is 367 g/mol. The van der Waals surface area contributed by atoms with E-state index >= 15 is 0 Å². The minimum atomic E-state index is -4.44. The molecule has 0 saturated carbocycles. The highest BCUT2D eigenvalue weighted by Gasteiger charge is 2.29. The van der Waals surface area contributed by atoms with Crippen LogP contribution in [0.5, 0.6) is 0 Å². The summed E-state index contributed by atoms with van der Waals surface area (Å²) in [6, 6.07) is 8.88. The number of hydrazine groups is 1. The molecule has 10 heteroatoms. The topological polar surface area (TPSA) is 101 Å². The summed E-state index contributed by atoms with van der Waals surface area (Å²) in [6.07, 6.45) is -2.14. The van der Waals surface area contributed by atoms with Crippen molar-refractivity contribution in [1.29, 1.82) is 0 Å². The Morgan fingerprint density at radius 1 is 0.963 bits per heavy atom. The highest BCUT2D eigenvalue weighted by Crippen LogP contribution is 2.29. The Kier molecular flexibility index (Phi) is 5.91. The lowest BCUT2D eigenvalue weighted by atomic mass is 10.1. The summed E-state index contributed by atoms with van der Waals surface area (Å²) >= 11 is 0. The van der Waals surface area contributed by atoms with E-state index in [2.05, 4.69) is 10.9 Å². The van der Waals surface area contributed by atoms with Crippen molar-refractivity contribution in [3.8, 4) is 0 Å². The van der Waals surface area contributed by atoms with Gasteiger partial charge in [0.1, 0.15) is 0 Å². The first-order valence-corrected chi connectivity index (χ1v) is 7.37. The molecule has 0 aliphatic carbocycles. The standard InChI is InChI=1S/C17H12F3N3O4/c18-17(19,20)13-6-1-11(2-7-13)3-10-15(24)21-22-16(25)12-4-8-14(9-5-12)23(26)27/h1-10H,(H,21,24)(H,22,25)/b10-3+. The number of nitrogens with zero attached hydrogens (tertiary/aromatic N) is 1. The van der Waals surface area contributed by atoms with Gasteiger partial charge in [-0.3, -0.25) is 30.6 Å². The molecule has 0 unspecified atom stereocenters. The summed E-state index contributed by atoms with van der Waals surface area (Å²) in [6.45, 7) is 0. The van der Waals surface area contributed by atoms with Crippen LogP contribution in [0.25, 0.3) is 6.08 Å². The molecule has 0 aliphatic heterocycles. The van der Waals surface area contributed by atoms with Crippen molar-refractivity contribution in [3.05, 3.63) is 81.4 Å². The quantitative estimate of drug-likeness (QED) is 0.484. The van der Waals surface area contributed by atoms with Crippen LogP contribution in [0.2, 0.25) is 0 Å². The molecule has 0 bridgehead atoms. The zero-order valence-corrected chi connectivity index (χ0v) is 13.5. The van der Waals surface area contributed by atoms with Crippen molar-refractivity contribution in [1.82, 2.24) is 10.9 Å². The fourth-order valence-electron chi connectivity index (χ4n) is 1.92. The minimum Gasteiger partial charge on any atom is -0.268 e. The molecule has 27 heavy (non-hydrogen) atoms. The van der Waals surface area contributed by atoms with E-state index < -0.39 is 28.5 Å². The number of amides is 2. The monoisotopic (exact) mass is 379 g/mol. The predicted molar refractivity (Wildman–Crippen MR) is 89.2 cm³/mol. The number of benzene rings is 2. The average Bonchev–Trinajstić information content (AvgIpc) is 2.64. The van der Waals surface area contributed by atoms with Gasteiger partial charge in [-0.2, -0.15) is 13.2 Å². The molecule has 2 amide bonds. The molecule has 2 aromatic carbocycles. The fourth-order valence-corrected chi connectivity index (χ4v) is 1.92. The number of hydrogen-bond acceptors (Lipinski definition) is 4. The summed E-state index contributed by atoms with van der Waals surface area (Å²) in [5, 5.41) is 10.5. The van der Waals surface area contributed by atoms with Crippen molar-refractivity contribution < 1.29 is 27.7 Å². The van der Waals surface area contributed by atoms with Gasteiger partial charge in [-0.05, 0) is 35.9 Å². The third-order valence-electron chi connectivity index (χ3n) is 3.30. The van der Waals surface area contributed by atoms with E-state index in [1.54, 1.807) is 0 Å². The number of carbonyl (C=O) groups is 2. The van der Waals surface area contributed by atoms with Crippen LogP contribution in [0.3, 0.4) is 0 Å². The van der Waals surface area contributed by atoms with Crippen LogP contribution in [0, 0.1) is 10.1 Å². The van der Waals surface area contributed by atoms with Gasteiger partial charge < -0.3 is 0 Å². The first-order chi connectivity index (χ1) is 12.7. The van der Waals surface area contributed by atoms with Crippen LogP contribution in [0.15, 0.2) is 54.6 Å². The molecule has 0 radical (unpaired) electrons. The number of nitrogens with one attached hydrogen (secondary N) is 2. The Labute approximate surface area is 150 Å². The molecule has 7 nitrogen and oxygen atoms in total. The third-order valence-corrected chi connectivity index (χ3v) is 3.30. The van der Waals surface area contributed by atoms with Gasteiger partial charge in [0.05, 0.1) is 10.5 Å². The Morgan fingerprint density at radius 3 is 2.07 bits per heavy atom. The Bertz CT molecular complexity index is 876. The number of nitro benzene ring substituents is 1. The Balaban J connectivity index is 1.89. The molecular formula is C17H12F3N3O4. The molecule has 2 N–H and O–H groups in total. The summed E-state index contributed by atoms with van der Waals surface area (Å²) in [7, 11) is 0. The summed E-state index contributed by atoms with van der Waals surface area (Å²) in [5.41, 5.74) is 3.65. The van der Waals surface area contributed by atoms with E-state index in [9.17, 15) is 32.9 Å². The van der Waals surface area contributed by atoms with Crippen molar-refractivity contribution in [2.45, 2.75) is 6.18 Å². The maximum absolute atomic E-state index is 12.5. The van der Waals surface area contributed by atoms with Crippen molar-refractivity contribution in [3.63, 3.8) is 0 Å². The maximum Gasteiger partial charge on any atom is 0.416 e. The SMILES string of the molecule is O=C(/C=C/c1ccc(C(F)(F)F)cc1)NNC(=O)c1ccc([N+](=O)[O-])cc1. The summed E-state index contributed by atoms with van der Waals surface area (Å²) in [4.78, 5) is 33.4. The number of non-ortho nitro benzene ring substituents is 1. The van der Waals surface area contributed by atoms with Gasteiger partial charge in [0, 0.05) is 23.8 Å². The van der Waals surface area contributed by atoms with Gasteiger partial charge in [0.2, 0.25) is 0 Å².